The quantitative estimate of drug-likeness (QED) is 0.361. The number of nitrogens with zero attached hydrogens (tertiary/aromatic N) is 1. The monoisotopic (exact) mass is 555 g/mol. The topological polar surface area (TPSA) is 112 Å². The Bertz CT molecular complexity index is 1200. The molecule has 4 atom stereocenters. The molecule has 4 rings (SSSR count). The minimum Gasteiger partial charge on any atom is -0.395 e. The Morgan fingerprint density at radius 3 is 2.05 bits per heavy atom. The Kier molecular flexibility index (Phi) is 7.98. The van der Waals surface area contributed by atoms with Gasteiger partial charge in [0.25, 0.3) is 6.43 Å². The highest BCUT2D eigenvalue weighted by atomic mass is 31.2. The summed E-state index contributed by atoms with van der Waals surface area (Å²) in [6.45, 7) is 2.27. The lowest BCUT2D eigenvalue weighted by Gasteiger charge is -2.33. The maximum atomic E-state index is 15.1. The van der Waals surface area contributed by atoms with Crippen LogP contribution >= 0.6 is 7.82 Å². The largest absolute Gasteiger partial charge is 0.587 e. The van der Waals surface area contributed by atoms with Gasteiger partial charge >= 0.3 is 7.82 Å². The fraction of sp³-hybridized carbons (Fsp3) is 0.360. The molecule has 204 valence electrons. The zero-order valence-electron chi connectivity index (χ0n) is 20.3. The van der Waals surface area contributed by atoms with E-state index in [1.54, 1.807) is 38.1 Å². The first-order valence-corrected chi connectivity index (χ1v) is 13.0. The molecule has 0 unspecified atom stereocenters. The molecule has 2 aliphatic heterocycles. The third-order valence-corrected chi connectivity index (χ3v) is 7.33. The number of hydrogen-bond donors (Lipinski definition) is 1. The summed E-state index contributed by atoms with van der Waals surface area (Å²) in [5.41, 5.74) is -1.34. The zero-order chi connectivity index (χ0) is 27.7. The molecule has 9 nitrogen and oxygen atoms in total. The summed E-state index contributed by atoms with van der Waals surface area (Å²) in [7, 11) is -4.73. The summed E-state index contributed by atoms with van der Waals surface area (Å²) in [5, 5.41) is 10.5. The highest BCUT2D eigenvalue weighted by Gasteiger charge is 2.63. The van der Waals surface area contributed by atoms with Crippen LogP contribution in [-0.2, 0) is 23.4 Å². The van der Waals surface area contributed by atoms with Crippen LogP contribution in [0.25, 0.3) is 0 Å². The van der Waals surface area contributed by atoms with Gasteiger partial charge in [-0.25, -0.2) is 17.7 Å². The third-order valence-electron chi connectivity index (χ3n) is 6.02. The number of alkyl halides is 3. The number of ether oxygens (including phenoxy) is 1. The molecule has 1 N–H and O–H groups in total. The molecule has 0 bridgehead atoms. The van der Waals surface area contributed by atoms with Crippen molar-refractivity contribution in [1.82, 2.24) is 4.90 Å². The lowest BCUT2D eigenvalue weighted by molar-refractivity contribution is -0.200. The van der Waals surface area contributed by atoms with Crippen LogP contribution in [0.15, 0.2) is 60.8 Å². The van der Waals surface area contributed by atoms with Crippen molar-refractivity contribution < 1.29 is 50.7 Å². The number of aliphatic hydroxyl groups is 1. The summed E-state index contributed by atoms with van der Waals surface area (Å²) in [4.78, 5) is 24.3. The molecule has 2 aromatic carbocycles. The maximum Gasteiger partial charge on any atom is 0.587 e. The molecule has 0 aromatic heterocycles. The van der Waals surface area contributed by atoms with Crippen molar-refractivity contribution in [3.8, 4) is 11.5 Å². The van der Waals surface area contributed by atoms with Crippen LogP contribution in [0.1, 0.15) is 17.5 Å². The number of aryl methyl sites for hydroxylation is 2. The molecule has 0 saturated carbocycles. The highest BCUT2D eigenvalue weighted by Crippen LogP contribution is 2.52. The average molecular weight is 555 g/mol. The lowest BCUT2D eigenvalue weighted by atomic mass is 9.97. The highest BCUT2D eigenvalue weighted by molar-refractivity contribution is 7.49. The van der Waals surface area contributed by atoms with Gasteiger partial charge in [0.15, 0.2) is 23.8 Å². The normalized spacial score (nSPS) is 25.8. The van der Waals surface area contributed by atoms with Gasteiger partial charge in [-0.15, -0.1) is 0 Å². The number of phosphoric acid groups is 1. The van der Waals surface area contributed by atoms with E-state index >= 15 is 4.39 Å². The standard InChI is InChI=1S/C25H25F3NO8P/c1-15-3-7-18(8-4-15)36-38(33,37-19-9-5-16(2)6-10-19)34-14-25(24(27)28)22(32)21(26)23(35-25)29-12-11-17(30)13-20(29)31/h3-12,21-24,32H,13-14H2,1-2H3/t21-,22+,23-,25-/m1/s1. The summed E-state index contributed by atoms with van der Waals surface area (Å²) >= 11 is 0. The van der Waals surface area contributed by atoms with Gasteiger partial charge in [0.1, 0.15) is 17.6 Å². The molecule has 38 heavy (non-hydrogen) atoms. The van der Waals surface area contributed by atoms with E-state index in [1.807, 2.05) is 0 Å². The molecular formula is C25H25F3NO8P. The molecule has 2 heterocycles. The molecule has 1 saturated heterocycles. The number of phosphoric ester groups is 1. The second-order valence-electron chi connectivity index (χ2n) is 8.94. The summed E-state index contributed by atoms with van der Waals surface area (Å²) in [6.07, 6.45) is -9.33. The van der Waals surface area contributed by atoms with Crippen molar-refractivity contribution in [3.05, 3.63) is 71.9 Å². The van der Waals surface area contributed by atoms with Crippen LogP contribution < -0.4 is 9.05 Å². The van der Waals surface area contributed by atoms with E-state index in [-0.39, 0.29) is 11.5 Å². The first kappa shape index (κ1) is 27.8. The van der Waals surface area contributed by atoms with Crippen molar-refractivity contribution in [2.24, 2.45) is 0 Å². The van der Waals surface area contributed by atoms with Crippen molar-refractivity contribution in [2.75, 3.05) is 6.61 Å². The van der Waals surface area contributed by atoms with E-state index in [2.05, 4.69) is 0 Å². The minimum absolute atomic E-state index is 0.0278. The zero-order valence-corrected chi connectivity index (χ0v) is 21.2. The van der Waals surface area contributed by atoms with E-state index in [4.69, 9.17) is 18.3 Å². The molecule has 1 fully saturated rings. The van der Waals surface area contributed by atoms with Crippen LogP contribution in [0, 0.1) is 13.8 Å². The Morgan fingerprint density at radius 2 is 1.58 bits per heavy atom. The number of ketones is 1. The van der Waals surface area contributed by atoms with Crippen LogP contribution in [0.5, 0.6) is 11.5 Å². The van der Waals surface area contributed by atoms with Gasteiger partial charge in [-0.1, -0.05) is 35.4 Å². The van der Waals surface area contributed by atoms with Crippen molar-refractivity contribution >= 4 is 19.5 Å². The summed E-state index contributed by atoms with van der Waals surface area (Å²) in [5.74, 6) is -1.41. The molecule has 0 spiro atoms. The Hall–Kier alpha value is -3.18. The van der Waals surface area contributed by atoms with E-state index in [9.17, 15) is 28.0 Å². The number of hydrogen-bond acceptors (Lipinski definition) is 8. The van der Waals surface area contributed by atoms with E-state index < -0.39 is 63.1 Å². The SMILES string of the molecule is Cc1ccc(OP(=O)(OC[C@@]2(C(F)F)O[C@@H](N3C=CC(=O)CC3=O)[C@H](F)[C@@H]2O)Oc2ccc(C)cc2)cc1. The predicted molar refractivity (Wildman–Crippen MR) is 127 cm³/mol. The van der Waals surface area contributed by atoms with Crippen molar-refractivity contribution in [1.29, 1.82) is 0 Å². The second kappa shape index (κ2) is 10.9. The van der Waals surface area contributed by atoms with Crippen molar-refractivity contribution in [2.45, 2.75) is 50.8 Å². The van der Waals surface area contributed by atoms with E-state index in [0.29, 0.717) is 4.90 Å². The van der Waals surface area contributed by atoms with Gasteiger partial charge in [-0.3, -0.25) is 19.0 Å². The molecule has 0 radical (unpaired) electrons. The number of carbonyl (C=O) groups is 2. The van der Waals surface area contributed by atoms with Crippen LogP contribution in [0.2, 0.25) is 0 Å². The number of benzene rings is 2. The van der Waals surface area contributed by atoms with Gasteiger partial charge < -0.3 is 18.9 Å². The van der Waals surface area contributed by atoms with Gasteiger partial charge in [0, 0.05) is 6.20 Å². The number of amides is 1. The Labute approximate surface area is 216 Å². The van der Waals surface area contributed by atoms with E-state index in [0.717, 1.165) is 23.4 Å². The number of carbonyl (C=O) groups excluding carboxylic acids is 2. The Morgan fingerprint density at radius 1 is 1.05 bits per heavy atom. The van der Waals surface area contributed by atoms with Gasteiger partial charge in [-0.05, 0) is 44.2 Å². The first-order valence-electron chi connectivity index (χ1n) is 11.5. The summed E-state index contributed by atoms with van der Waals surface area (Å²) < 4.78 is 78.8. The Balaban J connectivity index is 1.61. The average Bonchev–Trinajstić information content (AvgIpc) is 3.12. The summed E-state index contributed by atoms with van der Waals surface area (Å²) in [6, 6.07) is 12.4. The molecule has 1 amide bonds. The van der Waals surface area contributed by atoms with Gasteiger partial charge in [0.05, 0.1) is 13.0 Å². The number of aliphatic hydroxyl groups excluding tert-OH is 1. The van der Waals surface area contributed by atoms with Gasteiger partial charge in [0.2, 0.25) is 5.91 Å². The van der Waals surface area contributed by atoms with Gasteiger partial charge in [-0.2, -0.15) is 0 Å². The van der Waals surface area contributed by atoms with Crippen molar-refractivity contribution in [3.63, 3.8) is 0 Å². The van der Waals surface area contributed by atoms with Crippen LogP contribution in [-0.4, -0.2) is 58.8 Å². The molecule has 2 aromatic rings. The van der Waals surface area contributed by atoms with E-state index in [1.165, 1.54) is 24.3 Å². The molecular weight excluding hydrogens is 530 g/mol. The fourth-order valence-corrected chi connectivity index (χ4v) is 5.10. The number of halogens is 3. The first-order chi connectivity index (χ1) is 17.9. The molecule has 13 heteroatoms. The minimum atomic E-state index is -4.73. The number of rotatable bonds is 9. The second-order valence-corrected chi connectivity index (χ2v) is 10.5. The smallest absolute Gasteiger partial charge is 0.395 e. The fourth-order valence-electron chi connectivity index (χ4n) is 3.84. The van der Waals surface area contributed by atoms with Crippen LogP contribution in [0.4, 0.5) is 13.2 Å². The van der Waals surface area contributed by atoms with Crippen LogP contribution in [0.3, 0.4) is 0 Å². The number of allylic oxidation sites excluding steroid dienone is 1. The predicted octanol–water partition coefficient (Wildman–Crippen LogP) is 4.26. The lowest BCUT2D eigenvalue weighted by Crippen LogP contribution is -2.52. The maximum absolute atomic E-state index is 15.1. The molecule has 2 aliphatic rings. The molecule has 0 aliphatic carbocycles. The third kappa shape index (κ3) is 5.78.